The fraction of sp³-hybridized carbons (Fsp3) is 0.500. The number of oxazole rings is 1. The molecule has 0 unspecified atom stereocenters. The monoisotopic (exact) mass is 376 g/mol. The highest BCUT2D eigenvalue weighted by Gasteiger charge is 2.34. The van der Waals surface area contributed by atoms with Crippen LogP contribution in [0.15, 0.2) is 34.9 Å². The topological polar surface area (TPSA) is 64.8 Å². The summed E-state index contributed by atoms with van der Waals surface area (Å²) in [5.41, 5.74) is 0.00343. The van der Waals surface area contributed by atoms with Gasteiger partial charge in [0, 0.05) is 25.3 Å². The van der Waals surface area contributed by atoms with E-state index in [4.69, 9.17) is 13.9 Å². The number of hydrogen-bond donors (Lipinski definition) is 0. The predicted molar refractivity (Wildman–Crippen MR) is 97.0 cm³/mol. The first-order chi connectivity index (χ1) is 12.9. The Balaban J connectivity index is 1.64. The first-order valence-corrected chi connectivity index (χ1v) is 9.15. The number of rotatable bonds is 6. The SMILES string of the molecule is CCN(C(=O)c1coc(COc2cccc(F)c2)n1)[C@H]1CCOC(C)(C)C1. The van der Waals surface area contributed by atoms with Gasteiger partial charge in [-0.3, -0.25) is 4.79 Å². The highest BCUT2D eigenvalue weighted by atomic mass is 19.1. The molecule has 27 heavy (non-hydrogen) atoms. The molecule has 2 heterocycles. The molecular formula is C20H25FN2O4. The quantitative estimate of drug-likeness (QED) is 0.767. The van der Waals surface area contributed by atoms with Crippen molar-refractivity contribution in [3.8, 4) is 5.75 Å². The lowest BCUT2D eigenvalue weighted by Gasteiger charge is -2.40. The van der Waals surface area contributed by atoms with Crippen molar-refractivity contribution in [3.63, 3.8) is 0 Å². The van der Waals surface area contributed by atoms with Crippen LogP contribution >= 0.6 is 0 Å². The second-order valence-electron chi connectivity index (χ2n) is 7.22. The van der Waals surface area contributed by atoms with Gasteiger partial charge in [0.15, 0.2) is 12.3 Å². The molecule has 0 saturated carbocycles. The maximum Gasteiger partial charge on any atom is 0.276 e. The molecule has 1 fully saturated rings. The molecule has 0 spiro atoms. The van der Waals surface area contributed by atoms with Crippen molar-refractivity contribution in [2.45, 2.75) is 51.9 Å². The van der Waals surface area contributed by atoms with Crippen LogP contribution in [0.2, 0.25) is 0 Å². The molecule has 1 aliphatic heterocycles. The van der Waals surface area contributed by atoms with E-state index in [1.54, 1.807) is 12.1 Å². The Labute approximate surface area is 158 Å². The van der Waals surface area contributed by atoms with Crippen molar-refractivity contribution < 1.29 is 23.1 Å². The van der Waals surface area contributed by atoms with Crippen molar-refractivity contribution in [2.75, 3.05) is 13.2 Å². The normalized spacial score (nSPS) is 18.9. The molecule has 1 aromatic heterocycles. The Morgan fingerprint density at radius 3 is 2.96 bits per heavy atom. The van der Waals surface area contributed by atoms with Crippen LogP contribution in [0.5, 0.6) is 5.75 Å². The zero-order valence-corrected chi connectivity index (χ0v) is 15.9. The summed E-state index contributed by atoms with van der Waals surface area (Å²) >= 11 is 0. The van der Waals surface area contributed by atoms with Gasteiger partial charge in [0.25, 0.3) is 5.91 Å². The van der Waals surface area contributed by atoms with E-state index in [2.05, 4.69) is 4.98 Å². The molecule has 1 amide bonds. The maximum atomic E-state index is 13.2. The number of nitrogens with zero attached hydrogens (tertiary/aromatic N) is 2. The first-order valence-electron chi connectivity index (χ1n) is 9.15. The molecule has 0 N–H and O–H groups in total. The number of hydrogen-bond acceptors (Lipinski definition) is 5. The molecule has 146 valence electrons. The molecule has 3 rings (SSSR count). The van der Waals surface area contributed by atoms with Gasteiger partial charge in [-0.2, -0.15) is 0 Å². The van der Waals surface area contributed by atoms with E-state index in [1.807, 2.05) is 25.7 Å². The summed E-state index contributed by atoms with van der Waals surface area (Å²) in [5, 5.41) is 0. The van der Waals surface area contributed by atoms with Crippen LogP contribution < -0.4 is 4.74 Å². The predicted octanol–water partition coefficient (Wildman–Crippen LogP) is 3.81. The van der Waals surface area contributed by atoms with Crippen LogP contribution in [0, 0.1) is 5.82 Å². The number of carbonyl (C=O) groups is 1. The van der Waals surface area contributed by atoms with Gasteiger partial charge in [0.1, 0.15) is 17.8 Å². The zero-order chi connectivity index (χ0) is 19.4. The molecule has 0 radical (unpaired) electrons. The standard InChI is InChI=1S/C20H25FN2O4/c1-4-23(15-8-9-27-20(2,3)11-15)19(24)17-12-26-18(22-17)13-25-16-7-5-6-14(21)10-16/h5-7,10,12,15H,4,8-9,11,13H2,1-3H3/t15-/m0/s1. The van der Waals surface area contributed by atoms with E-state index in [0.29, 0.717) is 18.9 Å². The van der Waals surface area contributed by atoms with Crippen LogP contribution in [-0.4, -0.2) is 40.6 Å². The van der Waals surface area contributed by atoms with Crippen LogP contribution in [0.1, 0.15) is 50.0 Å². The minimum atomic E-state index is -0.381. The van der Waals surface area contributed by atoms with Gasteiger partial charge < -0.3 is 18.8 Å². The first kappa shape index (κ1) is 19.4. The highest BCUT2D eigenvalue weighted by Crippen LogP contribution is 2.28. The summed E-state index contributed by atoms with van der Waals surface area (Å²) in [7, 11) is 0. The third kappa shape index (κ3) is 4.86. The minimum absolute atomic E-state index is 0.0210. The van der Waals surface area contributed by atoms with Gasteiger partial charge in [0.05, 0.1) is 5.60 Å². The van der Waals surface area contributed by atoms with Crippen molar-refractivity contribution in [1.82, 2.24) is 9.88 Å². The summed E-state index contributed by atoms with van der Waals surface area (Å²) < 4.78 is 29.7. The Morgan fingerprint density at radius 2 is 2.26 bits per heavy atom. The van der Waals surface area contributed by atoms with Gasteiger partial charge >= 0.3 is 0 Å². The molecule has 7 heteroatoms. The van der Waals surface area contributed by atoms with Gasteiger partial charge in [-0.05, 0) is 45.7 Å². The molecule has 0 aliphatic carbocycles. The summed E-state index contributed by atoms with van der Waals surface area (Å²) in [6.45, 7) is 7.26. The van der Waals surface area contributed by atoms with Crippen LogP contribution in [0.25, 0.3) is 0 Å². The lowest BCUT2D eigenvalue weighted by Crippen LogP contribution is -2.48. The summed E-state index contributed by atoms with van der Waals surface area (Å²) in [6, 6.07) is 5.93. The average Bonchev–Trinajstić information content (AvgIpc) is 3.09. The Kier molecular flexibility index (Phi) is 5.79. The molecule has 6 nitrogen and oxygen atoms in total. The number of ether oxygens (including phenoxy) is 2. The molecule has 1 aliphatic rings. The third-order valence-electron chi connectivity index (χ3n) is 4.64. The molecule has 1 aromatic carbocycles. The highest BCUT2D eigenvalue weighted by molar-refractivity contribution is 5.92. The van der Waals surface area contributed by atoms with Crippen molar-refractivity contribution in [2.24, 2.45) is 0 Å². The summed E-state index contributed by atoms with van der Waals surface area (Å²) in [4.78, 5) is 18.9. The number of amides is 1. The van der Waals surface area contributed by atoms with Gasteiger partial charge in [-0.15, -0.1) is 0 Å². The fourth-order valence-corrected chi connectivity index (χ4v) is 3.36. The smallest absolute Gasteiger partial charge is 0.276 e. The van der Waals surface area contributed by atoms with E-state index in [-0.39, 0.29) is 41.6 Å². The fourth-order valence-electron chi connectivity index (χ4n) is 3.36. The second kappa shape index (κ2) is 8.08. The lowest BCUT2D eigenvalue weighted by atomic mass is 9.92. The molecular weight excluding hydrogens is 351 g/mol. The Hall–Kier alpha value is -2.41. The Bertz CT molecular complexity index is 790. The van der Waals surface area contributed by atoms with Crippen LogP contribution in [-0.2, 0) is 11.3 Å². The van der Waals surface area contributed by atoms with Gasteiger partial charge in [-0.1, -0.05) is 6.07 Å². The van der Waals surface area contributed by atoms with E-state index in [9.17, 15) is 9.18 Å². The minimum Gasteiger partial charge on any atom is -0.484 e. The molecule has 1 atom stereocenters. The van der Waals surface area contributed by atoms with E-state index >= 15 is 0 Å². The Morgan fingerprint density at radius 1 is 1.44 bits per heavy atom. The van der Waals surface area contributed by atoms with E-state index < -0.39 is 0 Å². The van der Waals surface area contributed by atoms with Gasteiger partial charge in [0.2, 0.25) is 5.89 Å². The van der Waals surface area contributed by atoms with Crippen molar-refractivity contribution in [3.05, 3.63) is 47.9 Å². The molecule has 0 bridgehead atoms. The zero-order valence-electron chi connectivity index (χ0n) is 15.9. The number of aromatic nitrogens is 1. The van der Waals surface area contributed by atoms with Crippen LogP contribution in [0.3, 0.4) is 0 Å². The molecule has 2 aromatic rings. The van der Waals surface area contributed by atoms with E-state index in [1.165, 1.54) is 18.4 Å². The summed E-state index contributed by atoms with van der Waals surface area (Å²) in [6.07, 6.45) is 2.93. The maximum absolute atomic E-state index is 13.2. The summed E-state index contributed by atoms with van der Waals surface area (Å²) in [5.74, 6) is 0.0985. The third-order valence-corrected chi connectivity index (χ3v) is 4.64. The van der Waals surface area contributed by atoms with Crippen LogP contribution in [0.4, 0.5) is 4.39 Å². The largest absolute Gasteiger partial charge is 0.484 e. The molecule has 1 saturated heterocycles. The van der Waals surface area contributed by atoms with E-state index in [0.717, 1.165) is 12.8 Å². The lowest BCUT2D eigenvalue weighted by molar-refractivity contribution is -0.0777. The average molecular weight is 376 g/mol. The number of benzene rings is 1. The number of carbonyl (C=O) groups excluding carboxylic acids is 1. The second-order valence-corrected chi connectivity index (χ2v) is 7.22. The van der Waals surface area contributed by atoms with Crippen molar-refractivity contribution in [1.29, 1.82) is 0 Å². The van der Waals surface area contributed by atoms with Gasteiger partial charge in [-0.25, -0.2) is 9.37 Å². The van der Waals surface area contributed by atoms with Crippen molar-refractivity contribution >= 4 is 5.91 Å². The number of halogens is 1.